The van der Waals surface area contributed by atoms with Crippen LogP contribution in [0, 0.1) is 0 Å². The molecule has 0 saturated carbocycles. The highest BCUT2D eigenvalue weighted by Crippen LogP contribution is 2.18. The topological polar surface area (TPSA) is 32.3 Å². The molecule has 23 heavy (non-hydrogen) atoms. The number of hydrogen-bond acceptors (Lipinski definition) is 2. The van der Waals surface area contributed by atoms with Crippen molar-refractivity contribution in [1.29, 1.82) is 0 Å². The summed E-state index contributed by atoms with van der Waals surface area (Å²) in [7, 11) is 0. The molecule has 1 aliphatic heterocycles. The van der Waals surface area contributed by atoms with E-state index in [0.29, 0.717) is 19.0 Å². The van der Waals surface area contributed by atoms with Gasteiger partial charge in [-0.15, -0.1) is 0 Å². The second-order valence-corrected chi connectivity index (χ2v) is 6.35. The van der Waals surface area contributed by atoms with Crippen LogP contribution in [0.15, 0.2) is 54.6 Å². The number of fused-ring (bicyclic) bond motifs is 1. The van der Waals surface area contributed by atoms with E-state index in [4.69, 9.17) is 0 Å². The fraction of sp³-hybridized carbons (Fsp3) is 0.350. The number of carbonyl (C=O) groups is 1. The van der Waals surface area contributed by atoms with E-state index in [1.807, 2.05) is 18.2 Å². The first-order valence-corrected chi connectivity index (χ1v) is 8.33. The average molecular weight is 308 g/mol. The van der Waals surface area contributed by atoms with Crippen molar-refractivity contribution < 1.29 is 4.79 Å². The SMILES string of the molecule is C[C@H](CNC(=O)CN1CCc2ccccc2C1)c1ccccc1. The Labute approximate surface area is 138 Å². The largest absolute Gasteiger partial charge is 0.354 e. The maximum Gasteiger partial charge on any atom is 0.234 e. The molecule has 3 rings (SSSR count). The van der Waals surface area contributed by atoms with Crippen molar-refractivity contribution in [2.24, 2.45) is 0 Å². The van der Waals surface area contributed by atoms with Crippen molar-refractivity contribution in [3.05, 3.63) is 71.3 Å². The van der Waals surface area contributed by atoms with Crippen LogP contribution in [0.3, 0.4) is 0 Å². The van der Waals surface area contributed by atoms with E-state index in [1.165, 1.54) is 16.7 Å². The van der Waals surface area contributed by atoms with Gasteiger partial charge in [0.25, 0.3) is 0 Å². The first kappa shape index (κ1) is 15.8. The van der Waals surface area contributed by atoms with E-state index >= 15 is 0 Å². The molecule has 0 fully saturated rings. The van der Waals surface area contributed by atoms with Gasteiger partial charge in [-0.25, -0.2) is 0 Å². The van der Waals surface area contributed by atoms with Crippen LogP contribution in [0.2, 0.25) is 0 Å². The molecule has 0 aliphatic carbocycles. The quantitative estimate of drug-likeness (QED) is 0.921. The molecule has 0 radical (unpaired) electrons. The minimum absolute atomic E-state index is 0.118. The van der Waals surface area contributed by atoms with Crippen LogP contribution in [-0.2, 0) is 17.8 Å². The summed E-state index contributed by atoms with van der Waals surface area (Å²) in [5.74, 6) is 0.453. The highest BCUT2D eigenvalue weighted by atomic mass is 16.2. The zero-order chi connectivity index (χ0) is 16.1. The molecule has 0 unspecified atom stereocenters. The van der Waals surface area contributed by atoms with Crippen LogP contribution < -0.4 is 5.32 Å². The molecule has 1 N–H and O–H groups in total. The molecule has 1 heterocycles. The van der Waals surface area contributed by atoms with Crippen LogP contribution in [0.25, 0.3) is 0 Å². The Morgan fingerprint density at radius 2 is 1.78 bits per heavy atom. The molecule has 0 aromatic heterocycles. The molecule has 0 bridgehead atoms. The molecule has 1 atom stereocenters. The lowest BCUT2D eigenvalue weighted by Crippen LogP contribution is -2.40. The van der Waals surface area contributed by atoms with Crippen molar-refractivity contribution in [2.45, 2.75) is 25.8 Å². The van der Waals surface area contributed by atoms with Crippen molar-refractivity contribution >= 4 is 5.91 Å². The second-order valence-electron chi connectivity index (χ2n) is 6.35. The van der Waals surface area contributed by atoms with Crippen molar-refractivity contribution in [2.75, 3.05) is 19.6 Å². The van der Waals surface area contributed by atoms with Gasteiger partial charge >= 0.3 is 0 Å². The van der Waals surface area contributed by atoms with Crippen molar-refractivity contribution in [3.63, 3.8) is 0 Å². The Morgan fingerprint density at radius 3 is 2.57 bits per heavy atom. The third-order valence-electron chi connectivity index (χ3n) is 4.55. The summed E-state index contributed by atoms with van der Waals surface area (Å²) in [6.07, 6.45) is 1.03. The summed E-state index contributed by atoms with van der Waals surface area (Å²) in [5, 5.41) is 3.07. The maximum absolute atomic E-state index is 12.2. The summed E-state index contributed by atoms with van der Waals surface area (Å²) in [6, 6.07) is 18.8. The Bertz CT molecular complexity index is 654. The molecular weight excluding hydrogens is 284 g/mol. The molecule has 0 spiro atoms. The third-order valence-corrected chi connectivity index (χ3v) is 4.55. The molecule has 2 aromatic rings. The lowest BCUT2D eigenvalue weighted by atomic mass is 10.00. The van der Waals surface area contributed by atoms with Gasteiger partial charge in [-0.3, -0.25) is 9.69 Å². The van der Waals surface area contributed by atoms with E-state index in [9.17, 15) is 4.79 Å². The number of rotatable bonds is 5. The number of nitrogens with one attached hydrogen (secondary N) is 1. The zero-order valence-corrected chi connectivity index (χ0v) is 13.7. The Balaban J connectivity index is 1.47. The maximum atomic E-state index is 12.2. The fourth-order valence-electron chi connectivity index (χ4n) is 3.11. The summed E-state index contributed by atoms with van der Waals surface area (Å²) in [6.45, 7) is 5.15. The molecule has 3 heteroatoms. The average Bonchev–Trinajstić information content (AvgIpc) is 2.60. The Kier molecular flexibility index (Phi) is 5.09. The van der Waals surface area contributed by atoms with Gasteiger partial charge in [0, 0.05) is 19.6 Å². The van der Waals surface area contributed by atoms with Crippen LogP contribution >= 0.6 is 0 Å². The minimum atomic E-state index is 0.118. The van der Waals surface area contributed by atoms with Crippen LogP contribution in [-0.4, -0.2) is 30.4 Å². The highest BCUT2D eigenvalue weighted by molar-refractivity contribution is 5.78. The summed E-state index contributed by atoms with van der Waals surface area (Å²) >= 11 is 0. The van der Waals surface area contributed by atoms with E-state index in [0.717, 1.165) is 19.5 Å². The monoisotopic (exact) mass is 308 g/mol. The van der Waals surface area contributed by atoms with Gasteiger partial charge in [0.1, 0.15) is 0 Å². The van der Waals surface area contributed by atoms with Gasteiger partial charge in [0.05, 0.1) is 6.54 Å². The first-order chi connectivity index (χ1) is 11.2. The highest BCUT2D eigenvalue weighted by Gasteiger charge is 2.18. The smallest absolute Gasteiger partial charge is 0.234 e. The predicted molar refractivity (Wildman–Crippen MR) is 93.3 cm³/mol. The van der Waals surface area contributed by atoms with Gasteiger partial charge in [0.2, 0.25) is 5.91 Å². The number of nitrogens with zero attached hydrogens (tertiary/aromatic N) is 1. The van der Waals surface area contributed by atoms with Gasteiger partial charge in [-0.05, 0) is 29.0 Å². The van der Waals surface area contributed by atoms with Crippen molar-refractivity contribution in [1.82, 2.24) is 10.2 Å². The molecular formula is C20H24N2O. The Morgan fingerprint density at radius 1 is 1.09 bits per heavy atom. The third kappa shape index (κ3) is 4.20. The van der Waals surface area contributed by atoms with Gasteiger partial charge in [-0.1, -0.05) is 61.5 Å². The van der Waals surface area contributed by atoms with E-state index in [2.05, 4.69) is 53.5 Å². The Hall–Kier alpha value is -2.13. The normalized spacial score (nSPS) is 15.7. The molecule has 1 aliphatic rings. The van der Waals surface area contributed by atoms with Crippen LogP contribution in [0.5, 0.6) is 0 Å². The molecule has 120 valence electrons. The molecule has 1 amide bonds. The number of amides is 1. The van der Waals surface area contributed by atoms with Crippen LogP contribution in [0.4, 0.5) is 0 Å². The first-order valence-electron chi connectivity index (χ1n) is 8.33. The summed E-state index contributed by atoms with van der Waals surface area (Å²) < 4.78 is 0. The molecule has 2 aromatic carbocycles. The van der Waals surface area contributed by atoms with Gasteiger partial charge in [-0.2, -0.15) is 0 Å². The summed E-state index contributed by atoms with van der Waals surface area (Å²) in [5.41, 5.74) is 4.03. The number of carbonyl (C=O) groups excluding carboxylic acids is 1. The molecule has 0 saturated heterocycles. The fourth-order valence-corrected chi connectivity index (χ4v) is 3.11. The summed E-state index contributed by atoms with van der Waals surface area (Å²) in [4.78, 5) is 14.4. The zero-order valence-electron chi connectivity index (χ0n) is 13.7. The van der Waals surface area contributed by atoms with Crippen LogP contribution in [0.1, 0.15) is 29.5 Å². The lowest BCUT2D eigenvalue weighted by molar-refractivity contribution is -0.122. The number of hydrogen-bond donors (Lipinski definition) is 1. The standard InChI is InChI=1S/C20H24N2O/c1-16(17-7-3-2-4-8-17)13-21-20(23)15-22-12-11-18-9-5-6-10-19(18)14-22/h2-10,16H,11-15H2,1H3,(H,21,23)/t16-/m1/s1. The van der Waals surface area contributed by atoms with Gasteiger partial charge in [0.15, 0.2) is 0 Å². The minimum Gasteiger partial charge on any atom is -0.354 e. The lowest BCUT2D eigenvalue weighted by Gasteiger charge is -2.28. The van der Waals surface area contributed by atoms with Gasteiger partial charge < -0.3 is 5.32 Å². The van der Waals surface area contributed by atoms with E-state index in [1.54, 1.807) is 0 Å². The van der Waals surface area contributed by atoms with Crippen molar-refractivity contribution in [3.8, 4) is 0 Å². The second kappa shape index (κ2) is 7.42. The molecule has 3 nitrogen and oxygen atoms in total. The number of benzene rings is 2. The predicted octanol–water partition coefficient (Wildman–Crippen LogP) is 2.96. The van der Waals surface area contributed by atoms with E-state index < -0.39 is 0 Å². The van der Waals surface area contributed by atoms with E-state index in [-0.39, 0.29) is 5.91 Å².